The Morgan fingerprint density at radius 1 is 1.62 bits per heavy atom. The van der Waals surface area contributed by atoms with Crippen molar-refractivity contribution in [1.29, 1.82) is 0 Å². The number of hydrogen-bond acceptors (Lipinski definition) is 5. The van der Waals surface area contributed by atoms with E-state index < -0.39 is 5.91 Å². The van der Waals surface area contributed by atoms with Crippen molar-refractivity contribution in [3.05, 3.63) is 23.7 Å². The van der Waals surface area contributed by atoms with Gasteiger partial charge < -0.3 is 14.6 Å². The van der Waals surface area contributed by atoms with Crippen LogP contribution in [0.1, 0.15) is 16.1 Å². The average Bonchev–Trinajstić information content (AvgIpc) is 2.73. The topological polar surface area (TPSA) is 83.5 Å². The first kappa shape index (κ1) is 12.7. The molecule has 0 fully saturated rings. The quantitative estimate of drug-likeness (QED) is 0.347. The van der Waals surface area contributed by atoms with Gasteiger partial charge in [-0.25, -0.2) is 5.84 Å². The predicted octanol–water partition coefficient (Wildman–Crippen LogP) is -0.466. The molecule has 4 N–H and O–H groups in total. The number of nitrogen functional groups attached to an aromatic ring is 1. The maximum absolute atomic E-state index is 11.3. The fourth-order valence-corrected chi connectivity index (χ4v) is 1.40. The first-order valence-corrected chi connectivity index (χ1v) is 5.09. The predicted molar refractivity (Wildman–Crippen MR) is 60.6 cm³/mol. The molecule has 1 rings (SSSR count). The second-order valence-electron chi connectivity index (χ2n) is 3.59. The van der Waals surface area contributed by atoms with Crippen molar-refractivity contribution in [2.75, 3.05) is 27.2 Å². The minimum atomic E-state index is -0.401. The maximum atomic E-state index is 11.3. The van der Waals surface area contributed by atoms with Crippen LogP contribution < -0.4 is 16.6 Å². The van der Waals surface area contributed by atoms with Crippen LogP contribution >= 0.6 is 0 Å². The molecular weight excluding hydrogens is 208 g/mol. The summed E-state index contributed by atoms with van der Waals surface area (Å²) in [6, 6.07) is 1.78. The molecular formula is C10H18N4O2. The zero-order valence-electron chi connectivity index (χ0n) is 9.62. The first-order chi connectivity index (χ1) is 7.69. The number of nitrogens with one attached hydrogen (secondary N) is 2. The minimum absolute atomic E-state index is 0.277. The van der Waals surface area contributed by atoms with E-state index in [1.165, 1.54) is 6.26 Å². The fraction of sp³-hybridized carbons (Fsp3) is 0.500. The Kier molecular flexibility index (Phi) is 4.97. The third kappa shape index (κ3) is 3.34. The van der Waals surface area contributed by atoms with E-state index >= 15 is 0 Å². The number of carbonyl (C=O) groups is 1. The highest BCUT2D eigenvalue weighted by atomic mass is 16.3. The summed E-state index contributed by atoms with van der Waals surface area (Å²) in [5.74, 6) is 4.94. The molecule has 0 atom stereocenters. The number of hydrogen-bond donors (Lipinski definition) is 3. The van der Waals surface area contributed by atoms with Gasteiger partial charge in [0.05, 0.1) is 6.26 Å². The molecule has 0 bridgehead atoms. The number of rotatable bonds is 6. The lowest BCUT2D eigenvalue weighted by Crippen LogP contribution is -2.31. The van der Waals surface area contributed by atoms with Crippen molar-refractivity contribution < 1.29 is 9.21 Å². The summed E-state index contributed by atoms with van der Waals surface area (Å²) < 4.78 is 5.09. The molecule has 0 aromatic carbocycles. The molecule has 90 valence electrons. The second kappa shape index (κ2) is 6.26. The van der Waals surface area contributed by atoms with Crippen molar-refractivity contribution >= 4 is 5.91 Å². The number of nitrogens with two attached hydrogens (primary N) is 1. The van der Waals surface area contributed by atoms with Crippen LogP contribution in [0.25, 0.3) is 0 Å². The van der Waals surface area contributed by atoms with Crippen LogP contribution in [0.5, 0.6) is 0 Å². The van der Waals surface area contributed by atoms with Crippen molar-refractivity contribution in [1.82, 2.24) is 15.6 Å². The Bertz CT molecular complexity index is 337. The zero-order chi connectivity index (χ0) is 12.0. The van der Waals surface area contributed by atoms with Gasteiger partial charge in [-0.2, -0.15) is 0 Å². The zero-order valence-corrected chi connectivity index (χ0v) is 9.62. The number of furan rings is 1. The monoisotopic (exact) mass is 226 g/mol. The summed E-state index contributed by atoms with van der Waals surface area (Å²) >= 11 is 0. The van der Waals surface area contributed by atoms with Crippen molar-refractivity contribution in [2.24, 2.45) is 5.84 Å². The summed E-state index contributed by atoms with van der Waals surface area (Å²) in [5, 5.41) is 3.06. The maximum Gasteiger partial charge on any atom is 0.301 e. The van der Waals surface area contributed by atoms with E-state index in [1.807, 2.05) is 14.1 Å². The van der Waals surface area contributed by atoms with Gasteiger partial charge in [0.25, 0.3) is 0 Å². The third-order valence-corrected chi connectivity index (χ3v) is 2.27. The molecule has 0 saturated carbocycles. The van der Waals surface area contributed by atoms with Gasteiger partial charge in [0, 0.05) is 25.2 Å². The van der Waals surface area contributed by atoms with Crippen molar-refractivity contribution in [3.63, 3.8) is 0 Å². The molecule has 0 spiro atoms. The Morgan fingerprint density at radius 3 is 3.00 bits per heavy atom. The fourth-order valence-electron chi connectivity index (χ4n) is 1.40. The lowest BCUT2D eigenvalue weighted by Gasteiger charge is -2.15. The Labute approximate surface area is 94.7 Å². The first-order valence-electron chi connectivity index (χ1n) is 5.09. The smallest absolute Gasteiger partial charge is 0.301 e. The molecule has 0 saturated heterocycles. The molecule has 0 aliphatic carbocycles. The number of carbonyl (C=O) groups excluding carboxylic acids is 1. The molecule has 6 nitrogen and oxygen atoms in total. The number of nitrogens with zero attached hydrogens (tertiary/aromatic N) is 1. The molecule has 0 radical (unpaired) electrons. The molecule has 1 heterocycles. The van der Waals surface area contributed by atoms with Gasteiger partial charge in [-0.1, -0.05) is 0 Å². The van der Waals surface area contributed by atoms with Crippen molar-refractivity contribution in [2.45, 2.75) is 6.54 Å². The molecule has 1 aromatic rings. The van der Waals surface area contributed by atoms with E-state index in [1.54, 1.807) is 6.07 Å². The van der Waals surface area contributed by atoms with Crippen LogP contribution in [0.4, 0.5) is 0 Å². The lowest BCUT2D eigenvalue weighted by atomic mass is 10.2. The van der Waals surface area contributed by atoms with Crippen molar-refractivity contribution in [3.8, 4) is 0 Å². The molecule has 0 unspecified atom stereocenters. The Morgan fingerprint density at radius 2 is 2.38 bits per heavy atom. The summed E-state index contributed by atoms with van der Waals surface area (Å²) in [7, 11) is 3.88. The molecule has 16 heavy (non-hydrogen) atoms. The van der Waals surface area contributed by atoms with E-state index in [4.69, 9.17) is 10.3 Å². The average molecular weight is 226 g/mol. The Hall–Kier alpha value is -1.37. The summed E-state index contributed by atoms with van der Waals surface area (Å²) in [5.41, 5.74) is 2.90. The van der Waals surface area contributed by atoms with Gasteiger partial charge in [-0.15, -0.1) is 0 Å². The number of amides is 1. The van der Waals surface area contributed by atoms with Crippen LogP contribution in [-0.4, -0.2) is 38.0 Å². The van der Waals surface area contributed by atoms with E-state index in [9.17, 15) is 4.79 Å². The van der Waals surface area contributed by atoms with Gasteiger partial charge in [0.1, 0.15) is 0 Å². The van der Waals surface area contributed by atoms with E-state index in [2.05, 4.69) is 15.6 Å². The molecule has 0 aliphatic rings. The van der Waals surface area contributed by atoms with Crippen LogP contribution in [-0.2, 0) is 6.54 Å². The highest BCUT2D eigenvalue weighted by Crippen LogP contribution is 2.12. The normalized spacial score (nSPS) is 10.8. The van der Waals surface area contributed by atoms with Gasteiger partial charge in [-0.3, -0.25) is 10.2 Å². The Balaban J connectivity index is 2.59. The number of likely N-dealkylation sites (N-methyl/N-ethyl adjacent to an activating group) is 2. The van der Waals surface area contributed by atoms with Crippen LogP contribution in [0.2, 0.25) is 0 Å². The summed E-state index contributed by atoms with van der Waals surface area (Å²) in [6.07, 6.45) is 1.49. The largest absolute Gasteiger partial charge is 0.459 e. The van der Waals surface area contributed by atoms with E-state index in [0.717, 1.165) is 18.7 Å². The summed E-state index contributed by atoms with van der Waals surface area (Å²) in [4.78, 5) is 13.4. The van der Waals surface area contributed by atoms with Gasteiger partial charge in [-0.05, 0) is 20.2 Å². The molecule has 0 aliphatic heterocycles. The van der Waals surface area contributed by atoms with Gasteiger partial charge >= 0.3 is 5.91 Å². The SMILES string of the molecule is CNCCN(C)Cc1ccoc1C(=O)NN. The van der Waals surface area contributed by atoms with E-state index in [0.29, 0.717) is 6.54 Å². The number of hydrazine groups is 1. The highest BCUT2D eigenvalue weighted by Gasteiger charge is 2.15. The molecule has 1 amide bonds. The second-order valence-corrected chi connectivity index (χ2v) is 3.59. The highest BCUT2D eigenvalue weighted by molar-refractivity contribution is 5.92. The van der Waals surface area contributed by atoms with Crippen LogP contribution in [0, 0.1) is 0 Å². The standard InChI is InChI=1S/C10H18N4O2/c1-12-4-5-14(2)7-8-3-6-16-9(8)10(15)13-11/h3,6,12H,4-5,7,11H2,1-2H3,(H,13,15). The lowest BCUT2D eigenvalue weighted by molar-refractivity contribution is 0.0923. The van der Waals surface area contributed by atoms with Crippen LogP contribution in [0.3, 0.4) is 0 Å². The van der Waals surface area contributed by atoms with Crippen LogP contribution in [0.15, 0.2) is 16.7 Å². The van der Waals surface area contributed by atoms with Gasteiger partial charge in [0.2, 0.25) is 0 Å². The van der Waals surface area contributed by atoms with Gasteiger partial charge in [0.15, 0.2) is 5.76 Å². The minimum Gasteiger partial charge on any atom is -0.459 e. The third-order valence-electron chi connectivity index (χ3n) is 2.27. The molecule has 6 heteroatoms. The molecule has 1 aromatic heterocycles. The van der Waals surface area contributed by atoms with E-state index in [-0.39, 0.29) is 5.76 Å². The summed E-state index contributed by atoms with van der Waals surface area (Å²) in [6.45, 7) is 2.44.